The van der Waals surface area contributed by atoms with E-state index < -0.39 is 0 Å². The van der Waals surface area contributed by atoms with Crippen molar-refractivity contribution in [2.75, 3.05) is 21.3 Å². The minimum atomic E-state index is 0.111. The summed E-state index contributed by atoms with van der Waals surface area (Å²) in [5, 5.41) is 5.99. The largest absolute Gasteiger partial charge is 0.497 e. The van der Waals surface area contributed by atoms with Gasteiger partial charge in [0.2, 0.25) is 5.88 Å². The van der Waals surface area contributed by atoms with E-state index in [4.69, 9.17) is 23.0 Å². The maximum absolute atomic E-state index is 5.54. The summed E-state index contributed by atoms with van der Waals surface area (Å²) < 4.78 is 29.8. The van der Waals surface area contributed by atoms with Gasteiger partial charge in [-0.05, 0) is 150 Å². The van der Waals surface area contributed by atoms with Crippen LogP contribution in [-0.2, 0) is 49.9 Å². The van der Waals surface area contributed by atoms with Gasteiger partial charge in [0, 0.05) is 94.9 Å². The van der Waals surface area contributed by atoms with Gasteiger partial charge in [-0.2, -0.15) is 0 Å². The number of aromatic nitrogens is 5. The first-order chi connectivity index (χ1) is 45.3. The number of aryl methyl sites for hydroxylation is 3. The average molecular weight is 1350 g/mol. The summed E-state index contributed by atoms with van der Waals surface area (Å²) in [5.41, 5.74) is 16.5. The molecule has 11 rings (SSSR count). The minimum absolute atomic E-state index is 0.111. The van der Waals surface area contributed by atoms with E-state index in [1.165, 1.54) is 71.1 Å². The number of rotatable bonds is 4. The molecule has 98 heavy (non-hydrogen) atoms. The maximum atomic E-state index is 5.54. The normalized spacial score (nSPS) is 11.8. The fourth-order valence-corrected chi connectivity index (χ4v) is 11.0. The first-order valence-corrected chi connectivity index (χ1v) is 35.2. The smallest absolute Gasteiger partial charge is 0.212 e. The zero-order chi connectivity index (χ0) is 73.8. The van der Waals surface area contributed by atoms with Crippen LogP contribution in [0.5, 0.6) is 17.4 Å². The van der Waals surface area contributed by atoms with E-state index in [0.717, 1.165) is 34.6 Å². The van der Waals surface area contributed by atoms with Gasteiger partial charge in [-0.25, -0.2) is 4.98 Å². The van der Waals surface area contributed by atoms with Crippen LogP contribution in [0.4, 0.5) is 0 Å². The van der Waals surface area contributed by atoms with Gasteiger partial charge in [0.05, 0.1) is 40.1 Å². The van der Waals surface area contributed by atoms with Gasteiger partial charge < -0.3 is 27.6 Å². The molecule has 0 radical (unpaired) electrons. The summed E-state index contributed by atoms with van der Waals surface area (Å²) in [6, 6.07) is 35.5. The highest BCUT2D eigenvalue weighted by Crippen LogP contribution is 2.36. The van der Waals surface area contributed by atoms with Gasteiger partial charge >= 0.3 is 0 Å². The van der Waals surface area contributed by atoms with Crippen molar-refractivity contribution in [2.45, 2.75) is 237 Å². The second-order valence-corrected chi connectivity index (χ2v) is 34.1. The number of thiophene rings is 1. The third kappa shape index (κ3) is 26.3. The number of methoxy groups -OCH3 is 3. The number of nitrogens with zero attached hydrogens (tertiary/aromatic N) is 5. The van der Waals surface area contributed by atoms with E-state index >= 15 is 0 Å². The Morgan fingerprint density at radius 1 is 0.398 bits per heavy atom. The van der Waals surface area contributed by atoms with Crippen LogP contribution in [-0.4, -0.2) is 45.8 Å². The van der Waals surface area contributed by atoms with Gasteiger partial charge in [0.1, 0.15) is 22.7 Å². The van der Waals surface area contributed by atoms with Crippen molar-refractivity contribution in [3.05, 3.63) is 232 Å². The van der Waals surface area contributed by atoms with Crippen molar-refractivity contribution < 1.29 is 23.0 Å². The molecule has 11 heteroatoms. The second-order valence-electron chi connectivity index (χ2n) is 33.2. The predicted octanol–water partition coefficient (Wildman–Crippen LogP) is 24.6. The molecule has 0 fully saturated rings. The molecule has 0 saturated carbocycles. The Kier molecular flexibility index (Phi) is 29.6. The van der Waals surface area contributed by atoms with Crippen LogP contribution in [0.1, 0.15) is 229 Å². The van der Waals surface area contributed by atoms with E-state index in [-0.39, 0.29) is 37.9 Å². The summed E-state index contributed by atoms with van der Waals surface area (Å²) in [4.78, 5) is 16.5. The summed E-state index contributed by atoms with van der Waals surface area (Å²) in [5.74, 6) is 2.32. The van der Waals surface area contributed by atoms with Crippen LogP contribution in [0.2, 0.25) is 0 Å². The van der Waals surface area contributed by atoms with Crippen molar-refractivity contribution in [1.29, 1.82) is 0 Å². The van der Waals surface area contributed by atoms with Crippen molar-refractivity contribution in [1.82, 2.24) is 24.5 Å². The topological polar surface area (TPSA) is 110 Å². The number of pyridine rings is 4. The SMILES string of the molecule is CC(C)(C)c1coc2ccncc12.CC(C)(C)c1csc2ccccc12.CCn1ccc(C(C)(C)C)c1.COc1ccc(C(C)(C)C)cn1.COc1ccc2c(C(C)(C)C)coc2c1.COc1cncc(C(C)(C)C)c1.Cc1cccc(C(C)(C)C)c1.Cc1cncc(C(C)(C)C)c1. The molecule has 0 N–H and O–H groups in total. The Balaban J connectivity index is 0.000000238. The molecule has 0 amide bonds. The Hall–Kier alpha value is -8.02. The molecule has 8 aromatic heterocycles. The fourth-order valence-electron chi connectivity index (χ4n) is 9.77. The number of furan rings is 2. The number of hydrogen-bond donors (Lipinski definition) is 0. The predicted molar refractivity (Wildman–Crippen MR) is 420 cm³/mol. The number of ether oxygens (including phenoxy) is 3. The molecule has 0 aliphatic rings. The lowest BCUT2D eigenvalue weighted by atomic mass is 9.86. The summed E-state index contributed by atoms with van der Waals surface area (Å²) in [6.45, 7) is 60.3. The molecule has 0 aliphatic carbocycles. The van der Waals surface area contributed by atoms with Crippen molar-refractivity contribution in [3.8, 4) is 17.4 Å². The number of benzene rings is 3. The van der Waals surface area contributed by atoms with E-state index in [1.54, 1.807) is 33.7 Å². The van der Waals surface area contributed by atoms with Crippen molar-refractivity contribution in [3.63, 3.8) is 0 Å². The first kappa shape index (κ1) is 82.4. The zero-order valence-electron chi connectivity index (χ0n) is 65.6. The molecule has 0 unspecified atom stereocenters. The third-order valence-corrected chi connectivity index (χ3v) is 17.3. The molecular formula is C87H121N5O5S. The molecule has 11 aromatic rings. The average Bonchev–Trinajstić information content (AvgIpc) is 1.67. The van der Waals surface area contributed by atoms with Crippen LogP contribution >= 0.6 is 11.3 Å². The number of hydrogen-bond acceptors (Lipinski definition) is 10. The molecule has 10 nitrogen and oxygen atoms in total. The van der Waals surface area contributed by atoms with Crippen LogP contribution in [0, 0.1) is 13.8 Å². The molecule has 0 atom stereocenters. The monoisotopic (exact) mass is 1350 g/mol. The highest BCUT2D eigenvalue weighted by atomic mass is 32.1. The molecule has 8 heterocycles. The molecule has 0 saturated heterocycles. The molecule has 3 aromatic carbocycles. The lowest BCUT2D eigenvalue weighted by molar-refractivity contribution is 0.397. The highest BCUT2D eigenvalue weighted by Gasteiger charge is 2.23. The van der Waals surface area contributed by atoms with Gasteiger partial charge in [0.25, 0.3) is 0 Å². The van der Waals surface area contributed by atoms with Crippen LogP contribution in [0.25, 0.3) is 32.0 Å². The van der Waals surface area contributed by atoms with Gasteiger partial charge in [-0.1, -0.05) is 226 Å². The third-order valence-electron chi connectivity index (χ3n) is 16.3. The van der Waals surface area contributed by atoms with Gasteiger partial charge in [0.15, 0.2) is 0 Å². The zero-order valence-corrected chi connectivity index (χ0v) is 66.5. The second kappa shape index (κ2) is 35.2. The Bertz CT molecular complexity index is 4000. The summed E-state index contributed by atoms with van der Waals surface area (Å²) in [7, 11) is 4.94. The Labute approximate surface area is 595 Å². The highest BCUT2D eigenvalue weighted by molar-refractivity contribution is 7.17. The summed E-state index contributed by atoms with van der Waals surface area (Å²) >= 11 is 1.84. The van der Waals surface area contributed by atoms with E-state index in [9.17, 15) is 0 Å². The Morgan fingerprint density at radius 3 is 1.41 bits per heavy atom. The maximum Gasteiger partial charge on any atom is 0.212 e. The molecule has 0 bridgehead atoms. The van der Waals surface area contributed by atoms with Crippen LogP contribution < -0.4 is 14.2 Å². The lowest BCUT2D eigenvalue weighted by Gasteiger charge is -2.19. The summed E-state index contributed by atoms with van der Waals surface area (Å²) in [6.07, 6.45) is 20.9. The van der Waals surface area contributed by atoms with Gasteiger partial charge in [-0.15, -0.1) is 11.3 Å². The fraction of sp³-hybridized carbons (Fsp3) is 0.448. The van der Waals surface area contributed by atoms with Gasteiger partial charge in [-0.3, -0.25) is 15.0 Å². The molecule has 0 spiro atoms. The Morgan fingerprint density at radius 2 is 0.939 bits per heavy atom. The van der Waals surface area contributed by atoms with Crippen molar-refractivity contribution >= 4 is 43.4 Å². The van der Waals surface area contributed by atoms with Crippen LogP contribution in [0.15, 0.2) is 186 Å². The lowest BCUT2D eigenvalue weighted by Crippen LogP contribution is -2.11. The van der Waals surface area contributed by atoms with E-state index in [1.807, 2.05) is 91.2 Å². The minimum Gasteiger partial charge on any atom is -0.497 e. The quantitative estimate of drug-likeness (QED) is 0.170. The first-order valence-electron chi connectivity index (χ1n) is 34.3. The standard InChI is InChI=1S/C13H16O2.C12H14S.C11H13NO.C11H16.2C10H15NO.C10H15N.C10H17N/c1-13(2,3)11-8-15-12-7-9(14-4)5-6-10(11)12;1-12(2,3)10-8-13-11-7-5-4-6-9(10)11;1-11(2,3)9-7-13-10-4-5-12-6-8(9)10;1-9-6-5-7-10(8-9)11(2,3)4;1-10(2,3)8-5-9(12-4)7-11-6-8;1-10(2,3)8-5-6-9(12-4)11-7-8;1-8-5-9(7-11-6-8)10(2,3)4;1-5-11-7-6-9(8-11)10(2,3)4/h5-8H,1-4H3;4-8H,1-3H3;4-7H,1-3H3;5-8H,1-4H3;2*5-7H,1-4H3;5-7H,1-4H3;6-8H,5H2,1-4H3. The van der Waals surface area contributed by atoms with Crippen LogP contribution in [0.3, 0.4) is 0 Å². The van der Waals surface area contributed by atoms with Crippen molar-refractivity contribution in [2.24, 2.45) is 0 Å². The molecule has 0 aliphatic heterocycles. The van der Waals surface area contributed by atoms with E-state index in [0.29, 0.717) is 11.3 Å². The number of fused-ring (bicyclic) bond motifs is 3. The molecule has 530 valence electrons. The molecular weight excluding hydrogens is 1230 g/mol. The van der Waals surface area contributed by atoms with E-state index in [2.05, 4.69) is 296 Å².